The minimum absolute atomic E-state index is 0.121. The molecule has 1 amide bonds. The van der Waals surface area contributed by atoms with Crippen LogP contribution in [0.1, 0.15) is 15.9 Å². The number of carbonyl (C=O) groups is 1. The Morgan fingerprint density at radius 2 is 1.68 bits per heavy atom. The number of hydrogen-bond acceptors (Lipinski definition) is 5. The molecule has 1 saturated heterocycles. The first-order valence-electron chi connectivity index (χ1n) is 10.1. The Kier molecular flexibility index (Phi) is 6.82. The molecule has 0 bridgehead atoms. The van der Waals surface area contributed by atoms with Crippen LogP contribution in [0.5, 0.6) is 0 Å². The number of benzene rings is 2. The predicted molar refractivity (Wildman–Crippen MR) is 122 cm³/mol. The molecule has 8 heteroatoms. The molecule has 0 radical (unpaired) electrons. The third kappa shape index (κ3) is 5.22. The van der Waals surface area contributed by atoms with Gasteiger partial charge in [0.1, 0.15) is 4.21 Å². The lowest BCUT2D eigenvalue weighted by atomic mass is 10.1. The Bertz CT molecular complexity index is 1120. The zero-order valence-electron chi connectivity index (χ0n) is 17.0. The second-order valence-corrected chi connectivity index (χ2v) is 10.5. The van der Waals surface area contributed by atoms with Gasteiger partial charge in [-0.15, -0.1) is 11.3 Å². The van der Waals surface area contributed by atoms with Crippen molar-refractivity contribution in [1.29, 1.82) is 0 Å². The van der Waals surface area contributed by atoms with Crippen molar-refractivity contribution in [2.24, 2.45) is 0 Å². The lowest BCUT2D eigenvalue weighted by Crippen LogP contribution is -2.40. The van der Waals surface area contributed by atoms with Gasteiger partial charge >= 0.3 is 0 Å². The van der Waals surface area contributed by atoms with Crippen LogP contribution < -0.4 is 5.32 Å². The van der Waals surface area contributed by atoms with Crippen molar-refractivity contribution in [2.75, 3.05) is 32.8 Å². The average molecular weight is 457 g/mol. The normalized spacial score (nSPS) is 15.0. The second-order valence-electron chi connectivity index (χ2n) is 7.20. The van der Waals surface area contributed by atoms with Crippen molar-refractivity contribution in [3.05, 3.63) is 77.9 Å². The maximum Gasteiger partial charge on any atom is 0.252 e. The number of thiophene rings is 1. The molecule has 6 nitrogen and oxygen atoms in total. The van der Waals surface area contributed by atoms with Crippen LogP contribution >= 0.6 is 11.3 Å². The minimum atomic E-state index is -3.50. The van der Waals surface area contributed by atoms with Gasteiger partial charge in [0.05, 0.1) is 13.2 Å². The molecule has 0 saturated carbocycles. The first-order chi connectivity index (χ1) is 15.0. The summed E-state index contributed by atoms with van der Waals surface area (Å²) in [5.74, 6) is -0.121. The largest absolute Gasteiger partial charge is 0.379 e. The number of nitrogens with one attached hydrogen (secondary N) is 1. The van der Waals surface area contributed by atoms with E-state index in [4.69, 9.17) is 4.74 Å². The molecule has 1 aromatic heterocycles. The molecule has 2 aromatic carbocycles. The molecular weight excluding hydrogens is 432 g/mol. The number of carbonyl (C=O) groups excluding carboxylic acids is 1. The maximum absolute atomic E-state index is 12.8. The molecule has 31 heavy (non-hydrogen) atoms. The van der Waals surface area contributed by atoms with Gasteiger partial charge in [-0.05, 0) is 41.8 Å². The Morgan fingerprint density at radius 3 is 2.39 bits per heavy atom. The summed E-state index contributed by atoms with van der Waals surface area (Å²) in [7, 11) is -3.50. The van der Waals surface area contributed by atoms with E-state index in [0.717, 1.165) is 16.9 Å². The van der Waals surface area contributed by atoms with Crippen LogP contribution in [-0.2, 0) is 21.2 Å². The number of amides is 1. The number of morpholine rings is 1. The number of ether oxygens (including phenoxy) is 1. The highest BCUT2D eigenvalue weighted by atomic mass is 32.2. The molecule has 0 aliphatic carbocycles. The molecule has 1 aliphatic heterocycles. The molecule has 1 N–H and O–H groups in total. The van der Waals surface area contributed by atoms with Crippen molar-refractivity contribution in [3.63, 3.8) is 0 Å². The Balaban J connectivity index is 1.38. The van der Waals surface area contributed by atoms with Gasteiger partial charge in [0, 0.05) is 30.1 Å². The van der Waals surface area contributed by atoms with Crippen LogP contribution in [0.25, 0.3) is 10.4 Å². The lowest BCUT2D eigenvalue weighted by molar-refractivity contribution is 0.0731. The zero-order valence-corrected chi connectivity index (χ0v) is 18.6. The second kappa shape index (κ2) is 9.74. The van der Waals surface area contributed by atoms with Crippen molar-refractivity contribution < 1.29 is 17.9 Å². The molecular formula is C23H24N2O4S2. The summed E-state index contributed by atoms with van der Waals surface area (Å²) in [5, 5.41) is 2.94. The van der Waals surface area contributed by atoms with Gasteiger partial charge in [0.2, 0.25) is 0 Å². The molecule has 2 heterocycles. The third-order valence-electron chi connectivity index (χ3n) is 5.12. The van der Waals surface area contributed by atoms with E-state index in [2.05, 4.69) is 5.32 Å². The summed E-state index contributed by atoms with van der Waals surface area (Å²) < 4.78 is 32.7. The van der Waals surface area contributed by atoms with E-state index in [9.17, 15) is 13.2 Å². The fraction of sp³-hybridized carbons (Fsp3) is 0.261. The van der Waals surface area contributed by atoms with Gasteiger partial charge in [0.15, 0.2) is 0 Å². The first kappa shape index (κ1) is 21.7. The number of nitrogens with zero attached hydrogens (tertiary/aromatic N) is 1. The van der Waals surface area contributed by atoms with E-state index in [-0.39, 0.29) is 5.91 Å². The highest BCUT2D eigenvalue weighted by molar-refractivity contribution is 7.91. The molecule has 1 fully saturated rings. The van der Waals surface area contributed by atoms with Crippen LogP contribution in [-0.4, -0.2) is 51.5 Å². The van der Waals surface area contributed by atoms with Crippen LogP contribution in [0.4, 0.5) is 0 Å². The van der Waals surface area contributed by atoms with E-state index in [0.29, 0.717) is 42.6 Å². The van der Waals surface area contributed by atoms with Gasteiger partial charge in [0.25, 0.3) is 15.9 Å². The maximum atomic E-state index is 12.8. The fourth-order valence-corrected chi connectivity index (χ4v) is 6.26. The predicted octanol–water partition coefficient (Wildman–Crippen LogP) is 3.41. The Hall–Kier alpha value is -2.52. The summed E-state index contributed by atoms with van der Waals surface area (Å²) in [6.45, 7) is 2.17. The molecule has 3 aromatic rings. The summed E-state index contributed by atoms with van der Waals surface area (Å²) in [5.41, 5.74) is 2.64. The number of hydrogen-bond donors (Lipinski definition) is 1. The number of sulfonamides is 1. The summed E-state index contributed by atoms with van der Waals surface area (Å²) in [6, 6.07) is 20.7. The Labute approximate surface area is 186 Å². The van der Waals surface area contributed by atoms with Gasteiger partial charge in [-0.1, -0.05) is 42.5 Å². The van der Waals surface area contributed by atoms with Crippen molar-refractivity contribution >= 4 is 27.3 Å². The highest BCUT2D eigenvalue weighted by Crippen LogP contribution is 2.32. The number of rotatable bonds is 7. The molecule has 0 spiro atoms. The van der Waals surface area contributed by atoms with Gasteiger partial charge < -0.3 is 10.1 Å². The van der Waals surface area contributed by atoms with Gasteiger partial charge in [-0.3, -0.25) is 4.79 Å². The smallest absolute Gasteiger partial charge is 0.252 e. The summed E-state index contributed by atoms with van der Waals surface area (Å²) >= 11 is 1.24. The topological polar surface area (TPSA) is 75.7 Å². The fourth-order valence-electron chi connectivity index (χ4n) is 3.38. The Morgan fingerprint density at radius 1 is 0.968 bits per heavy atom. The van der Waals surface area contributed by atoms with Crippen molar-refractivity contribution in [3.8, 4) is 10.4 Å². The molecule has 4 rings (SSSR count). The van der Waals surface area contributed by atoms with Crippen LogP contribution in [0, 0.1) is 0 Å². The third-order valence-corrected chi connectivity index (χ3v) is 8.62. The monoisotopic (exact) mass is 456 g/mol. The standard InChI is InChI=1S/C23H24N2O4S2/c26-23(24-13-12-18-4-2-1-3-5-18)20-8-6-19(7-9-20)21-10-11-22(30-21)31(27,28)25-14-16-29-17-15-25/h1-11H,12-17H2,(H,24,26). The van der Waals surface area contributed by atoms with Crippen LogP contribution in [0.15, 0.2) is 70.9 Å². The quantitative estimate of drug-likeness (QED) is 0.591. The van der Waals surface area contributed by atoms with E-state index < -0.39 is 10.0 Å². The lowest BCUT2D eigenvalue weighted by Gasteiger charge is -2.25. The molecule has 1 aliphatic rings. The van der Waals surface area contributed by atoms with E-state index >= 15 is 0 Å². The van der Waals surface area contributed by atoms with E-state index in [1.165, 1.54) is 21.2 Å². The average Bonchev–Trinajstić information content (AvgIpc) is 3.32. The van der Waals surface area contributed by atoms with Crippen LogP contribution in [0.3, 0.4) is 0 Å². The molecule has 162 valence electrons. The SMILES string of the molecule is O=C(NCCc1ccccc1)c1ccc(-c2ccc(S(=O)(=O)N3CCOCC3)s2)cc1. The van der Waals surface area contributed by atoms with Crippen LogP contribution in [0.2, 0.25) is 0 Å². The van der Waals surface area contributed by atoms with E-state index in [1.807, 2.05) is 48.5 Å². The van der Waals surface area contributed by atoms with Crippen molar-refractivity contribution in [2.45, 2.75) is 10.6 Å². The summed E-state index contributed by atoms with van der Waals surface area (Å²) in [4.78, 5) is 13.2. The highest BCUT2D eigenvalue weighted by Gasteiger charge is 2.27. The summed E-state index contributed by atoms with van der Waals surface area (Å²) in [6.07, 6.45) is 0.778. The van der Waals surface area contributed by atoms with Gasteiger partial charge in [-0.2, -0.15) is 4.31 Å². The zero-order chi connectivity index (χ0) is 21.7. The van der Waals surface area contributed by atoms with Crippen molar-refractivity contribution in [1.82, 2.24) is 9.62 Å². The minimum Gasteiger partial charge on any atom is -0.379 e. The molecule has 0 atom stereocenters. The van der Waals surface area contributed by atoms with Gasteiger partial charge in [-0.25, -0.2) is 8.42 Å². The molecule has 0 unspecified atom stereocenters. The first-order valence-corrected chi connectivity index (χ1v) is 12.4. The van der Waals surface area contributed by atoms with E-state index in [1.54, 1.807) is 18.2 Å².